The first-order valence-corrected chi connectivity index (χ1v) is 8.00. The highest BCUT2D eigenvalue weighted by Crippen LogP contribution is 2.17. The van der Waals surface area contributed by atoms with Gasteiger partial charge < -0.3 is 14.6 Å². The van der Waals surface area contributed by atoms with Crippen molar-refractivity contribution in [2.24, 2.45) is 14.1 Å². The fourth-order valence-corrected chi connectivity index (χ4v) is 2.52. The average molecular weight is 335 g/mol. The standard InChI is InChI=1S/C16H25N5O3/c1-6-24-9-7-8-17-15-18-13-12(21(15)10-11(2)3)14(22)20(5)16(23)19(13)4/h2,6-10H2,1,3-5H3,(H,17,18). The van der Waals surface area contributed by atoms with E-state index in [2.05, 4.69) is 16.9 Å². The van der Waals surface area contributed by atoms with Crippen LogP contribution in [0.1, 0.15) is 20.3 Å². The number of allylic oxidation sites excluding steroid dienone is 1. The third kappa shape index (κ3) is 3.43. The van der Waals surface area contributed by atoms with Gasteiger partial charge in [-0.3, -0.25) is 13.9 Å². The predicted molar refractivity (Wildman–Crippen MR) is 94.6 cm³/mol. The van der Waals surface area contributed by atoms with E-state index >= 15 is 0 Å². The highest BCUT2D eigenvalue weighted by molar-refractivity contribution is 5.74. The number of fused-ring (bicyclic) bond motifs is 1. The molecule has 24 heavy (non-hydrogen) atoms. The van der Waals surface area contributed by atoms with Crippen LogP contribution in [0, 0.1) is 0 Å². The Bertz CT molecular complexity index is 859. The lowest BCUT2D eigenvalue weighted by Crippen LogP contribution is -2.37. The van der Waals surface area contributed by atoms with Gasteiger partial charge in [0.2, 0.25) is 5.95 Å². The largest absolute Gasteiger partial charge is 0.382 e. The van der Waals surface area contributed by atoms with Gasteiger partial charge in [0, 0.05) is 40.4 Å². The van der Waals surface area contributed by atoms with E-state index in [0.717, 1.165) is 16.6 Å². The van der Waals surface area contributed by atoms with Crippen LogP contribution in [0.5, 0.6) is 0 Å². The summed E-state index contributed by atoms with van der Waals surface area (Å²) >= 11 is 0. The SMILES string of the molecule is C=C(C)Cn1c(NCCCOCC)nc2c1c(=O)n(C)c(=O)n2C. The Hall–Kier alpha value is -2.35. The summed E-state index contributed by atoms with van der Waals surface area (Å²) < 4.78 is 9.57. The molecule has 2 rings (SSSR count). The van der Waals surface area contributed by atoms with Crippen LogP contribution in [0.3, 0.4) is 0 Å². The number of aromatic nitrogens is 4. The van der Waals surface area contributed by atoms with Gasteiger partial charge >= 0.3 is 5.69 Å². The van der Waals surface area contributed by atoms with Crippen molar-refractivity contribution in [1.82, 2.24) is 18.7 Å². The van der Waals surface area contributed by atoms with E-state index in [1.807, 2.05) is 13.8 Å². The number of ether oxygens (including phenoxy) is 1. The van der Waals surface area contributed by atoms with E-state index in [4.69, 9.17) is 4.74 Å². The molecule has 0 aliphatic heterocycles. The van der Waals surface area contributed by atoms with E-state index in [9.17, 15) is 9.59 Å². The Morgan fingerprint density at radius 1 is 1.29 bits per heavy atom. The number of imidazole rings is 1. The van der Waals surface area contributed by atoms with Gasteiger partial charge in [-0.2, -0.15) is 4.98 Å². The van der Waals surface area contributed by atoms with Gasteiger partial charge in [0.15, 0.2) is 11.2 Å². The van der Waals surface area contributed by atoms with Crippen molar-refractivity contribution in [3.05, 3.63) is 33.0 Å². The van der Waals surface area contributed by atoms with Crippen LogP contribution in [-0.2, 0) is 25.4 Å². The Labute approximate surface area is 140 Å². The lowest BCUT2D eigenvalue weighted by atomic mass is 10.3. The fraction of sp³-hybridized carbons (Fsp3) is 0.562. The van der Waals surface area contributed by atoms with Crippen LogP contribution in [0.15, 0.2) is 21.7 Å². The summed E-state index contributed by atoms with van der Waals surface area (Å²) in [4.78, 5) is 29.1. The number of aryl methyl sites for hydroxylation is 1. The lowest BCUT2D eigenvalue weighted by molar-refractivity contribution is 0.147. The zero-order valence-electron chi connectivity index (χ0n) is 14.8. The molecule has 0 saturated carbocycles. The van der Waals surface area contributed by atoms with Gasteiger partial charge in [0.1, 0.15) is 0 Å². The Kier molecular flexibility index (Phi) is 5.61. The van der Waals surface area contributed by atoms with Crippen LogP contribution in [0.25, 0.3) is 11.2 Å². The summed E-state index contributed by atoms with van der Waals surface area (Å²) in [6.45, 7) is 10.2. The second-order valence-electron chi connectivity index (χ2n) is 5.83. The normalized spacial score (nSPS) is 11.2. The number of rotatable bonds is 8. The van der Waals surface area contributed by atoms with Crippen molar-refractivity contribution in [2.45, 2.75) is 26.8 Å². The molecule has 0 unspecified atom stereocenters. The highest BCUT2D eigenvalue weighted by atomic mass is 16.5. The number of anilines is 1. The summed E-state index contributed by atoms with van der Waals surface area (Å²) in [6, 6.07) is 0. The summed E-state index contributed by atoms with van der Waals surface area (Å²) in [5.41, 5.74) is 0.911. The molecule has 132 valence electrons. The minimum atomic E-state index is -0.393. The molecule has 2 aromatic rings. The molecule has 0 aromatic carbocycles. The molecular weight excluding hydrogens is 310 g/mol. The minimum absolute atomic E-state index is 0.357. The molecule has 0 bridgehead atoms. The second kappa shape index (κ2) is 7.48. The molecule has 0 aliphatic carbocycles. The maximum absolute atomic E-state index is 12.5. The lowest BCUT2D eigenvalue weighted by Gasteiger charge is -2.10. The van der Waals surface area contributed by atoms with E-state index in [1.54, 1.807) is 11.6 Å². The maximum atomic E-state index is 12.5. The second-order valence-corrected chi connectivity index (χ2v) is 5.83. The molecule has 0 aliphatic rings. The van der Waals surface area contributed by atoms with Crippen molar-refractivity contribution < 1.29 is 4.74 Å². The number of hydrogen-bond donors (Lipinski definition) is 1. The smallest absolute Gasteiger partial charge is 0.332 e. The molecule has 0 spiro atoms. The number of nitrogens with zero attached hydrogens (tertiary/aromatic N) is 4. The molecule has 0 radical (unpaired) electrons. The first-order chi connectivity index (χ1) is 11.4. The zero-order valence-corrected chi connectivity index (χ0v) is 14.8. The maximum Gasteiger partial charge on any atom is 0.332 e. The van der Waals surface area contributed by atoms with Crippen molar-refractivity contribution >= 4 is 17.1 Å². The minimum Gasteiger partial charge on any atom is -0.382 e. The predicted octanol–water partition coefficient (Wildman–Crippen LogP) is 0.848. The van der Waals surface area contributed by atoms with E-state index < -0.39 is 5.69 Å². The van der Waals surface area contributed by atoms with Crippen LogP contribution in [-0.4, -0.2) is 38.4 Å². The first kappa shape index (κ1) is 18.0. The quantitative estimate of drug-likeness (QED) is 0.571. The molecule has 8 nitrogen and oxygen atoms in total. The third-order valence-corrected chi connectivity index (χ3v) is 3.73. The summed E-state index contributed by atoms with van der Waals surface area (Å²) in [7, 11) is 3.08. The zero-order chi connectivity index (χ0) is 17.9. The highest BCUT2D eigenvalue weighted by Gasteiger charge is 2.18. The summed E-state index contributed by atoms with van der Waals surface area (Å²) in [6.07, 6.45) is 0.820. The van der Waals surface area contributed by atoms with Crippen LogP contribution >= 0.6 is 0 Å². The molecule has 2 heterocycles. The molecular formula is C16H25N5O3. The van der Waals surface area contributed by atoms with Crippen molar-refractivity contribution in [1.29, 1.82) is 0 Å². The van der Waals surface area contributed by atoms with E-state index in [1.165, 1.54) is 11.6 Å². The molecule has 0 amide bonds. The van der Waals surface area contributed by atoms with Crippen molar-refractivity contribution in [3.8, 4) is 0 Å². The van der Waals surface area contributed by atoms with Gasteiger partial charge in [-0.1, -0.05) is 12.2 Å². The number of nitrogens with one attached hydrogen (secondary N) is 1. The molecule has 2 aromatic heterocycles. The Balaban J connectivity index is 2.48. The molecule has 8 heteroatoms. The summed E-state index contributed by atoms with van der Waals surface area (Å²) in [5, 5.41) is 3.23. The molecule has 0 atom stereocenters. The average Bonchev–Trinajstić information content (AvgIpc) is 2.88. The van der Waals surface area contributed by atoms with Gasteiger partial charge in [-0.05, 0) is 20.3 Å². The molecule has 0 fully saturated rings. The Morgan fingerprint density at radius 2 is 2.00 bits per heavy atom. The van der Waals surface area contributed by atoms with E-state index in [-0.39, 0.29) is 5.56 Å². The van der Waals surface area contributed by atoms with Gasteiger partial charge in [0.05, 0.1) is 0 Å². The van der Waals surface area contributed by atoms with Gasteiger partial charge in [0.25, 0.3) is 5.56 Å². The van der Waals surface area contributed by atoms with Gasteiger partial charge in [-0.15, -0.1) is 0 Å². The molecule has 1 N–H and O–H groups in total. The van der Waals surface area contributed by atoms with Crippen molar-refractivity contribution in [3.63, 3.8) is 0 Å². The summed E-state index contributed by atoms with van der Waals surface area (Å²) in [5.74, 6) is 0.558. The topological polar surface area (TPSA) is 83.1 Å². The van der Waals surface area contributed by atoms with Crippen LogP contribution in [0.2, 0.25) is 0 Å². The van der Waals surface area contributed by atoms with E-state index in [0.29, 0.717) is 43.4 Å². The van der Waals surface area contributed by atoms with Gasteiger partial charge in [-0.25, -0.2) is 4.79 Å². The van der Waals surface area contributed by atoms with Crippen LogP contribution in [0.4, 0.5) is 5.95 Å². The van der Waals surface area contributed by atoms with Crippen LogP contribution < -0.4 is 16.6 Å². The first-order valence-electron chi connectivity index (χ1n) is 8.00. The monoisotopic (exact) mass is 335 g/mol. The fourth-order valence-electron chi connectivity index (χ4n) is 2.52. The molecule has 0 saturated heterocycles. The Morgan fingerprint density at radius 3 is 2.62 bits per heavy atom. The third-order valence-electron chi connectivity index (χ3n) is 3.73. The van der Waals surface area contributed by atoms with Crippen molar-refractivity contribution in [2.75, 3.05) is 25.1 Å². The number of hydrogen-bond acceptors (Lipinski definition) is 5.